The zero-order valence-electron chi connectivity index (χ0n) is 11.8. The van der Waals surface area contributed by atoms with E-state index in [1.165, 1.54) is 17.5 Å². The molecule has 0 aliphatic rings. The molecule has 116 valence electrons. The molecule has 0 bridgehead atoms. The molecular formula is C16H11Cl2N3OS. The highest BCUT2D eigenvalue weighted by atomic mass is 35.5. The van der Waals surface area contributed by atoms with E-state index in [9.17, 15) is 4.79 Å². The lowest BCUT2D eigenvalue weighted by Crippen LogP contribution is -2.11. The maximum Gasteiger partial charge on any atom is 0.259 e. The van der Waals surface area contributed by atoms with Crippen LogP contribution in [0.3, 0.4) is 0 Å². The molecule has 4 nitrogen and oxygen atoms in total. The minimum Gasteiger partial charge on any atom is -0.298 e. The first kappa shape index (κ1) is 15.9. The third kappa shape index (κ3) is 4.07. The highest BCUT2D eigenvalue weighted by Gasteiger charge is 2.10. The first-order valence-corrected chi connectivity index (χ1v) is 8.30. The van der Waals surface area contributed by atoms with Crippen molar-refractivity contribution in [3.8, 4) is 0 Å². The Balaban J connectivity index is 1.68. The lowest BCUT2D eigenvalue weighted by molar-refractivity contribution is 0.102. The number of nitrogens with one attached hydrogen (secondary N) is 1. The number of aromatic nitrogens is 2. The van der Waals surface area contributed by atoms with Gasteiger partial charge in [0.25, 0.3) is 5.91 Å². The summed E-state index contributed by atoms with van der Waals surface area (Å²) in [6.07, 6.45) is 3.84. The molecule has 7 heteroatoms. The Hall–Kier alpha value is -1.95. The van der Waals surface area contributed by atoms with Crippen LogP contribution in [0.2, 0.25) is 10.2 Å². The predicted octanol–water partition coefficient (Wildman–Crippen LogP) is 4.69. The summed E-state index contributed by atoms with van der Waals surface area (Å²) in [6.45, 7) is 0. The van der Waals surface area contributed by atoms with Gasteiger partial charge in [-0.15, -0.1) is 11.3 Å². The van der Waals surface area contributed by atoms with E-state index in [1.807, 2.05) is 24.3 Å². The van der Waals surface area contributed by atoms with Gasteiger partial charge < -0.3 is 0 Å². The van der Waals surface area contributed by atoms with Crippen molar-refractivity contribution >= 4 is 45.6 Å². The van der Waals surface area contributed by atoms with Crippen molar-refractivity contribution in [2.75, 3.05) is 5.32 Å². The maximum atomic E-state index is 12.1. The fraction of sp³-hybridized carbons (Fsp3) is 0.0625. The van der Waals surface area contributed by atoms with Gasteiger partial charge in [0.2, 0.25) is 0 Å². The minimum atomic E-state index is -0.271. The Morgan fingerprint density at radius 1 is 1.09 bits per heavy atom. The van der Waals surface area contributed by atoms with Crippen LogP contribution in [0.15, 0.2) is 48.8 Å². The van der Waals surface area contributed by atoms with E-state index in [-0.39, 0.29) is 5.91 Å². The number of hydrogen-bond donors (Lipinski definition) is 1. The van der Waals surface area contributed by atoms with E-state index in [1.54, 1.807) is 18.3 Å². The van der Waals surface area contributed by atoms with E-state index < -0.39 is 0 Å². The molecule has 0 spiro atoms. The van der Waals surface area contributed by atoms with Crippen molar-refractivity contribution in [2.45, 2.75) is 6.42 Å². The average molecular weight is 364 g/mol. The molecule has 1 aromatic carbocycles. The van der Waals surface area contributed by atoms with Crippen molar-refractivity contribution < 1.29 is 4.79 Å². The van der Waals surface area contributed by atoms with Gasteiger partial charge in [-0.1, -0.05) is 41.4 Å². The average Bonchev–Trinajstić information content (AvgIpc) is 2.97. The number of nitrogens with zero attached hydrogens (tertiary/aromatic N) is 2. The predicted molar refractivity (Wildman–Crippen MR) is 93.6 cm³/mol. The molecule has 0 fully saturated rings. The largest absolute Gasteiger partial charge is 0.298 e. The molecule has 2 aromatic heterocycles. The molecule has 23 heavy (non-hydrogen) atoms. The molecule has 0 aliphatic heterocycles. The highest BCUT2D eigenvalue weighted by Crippen LogP contribution is 2.25. The monoisotopic (exact) mass is 363 g/mol. The number of carbonyl (C=O) groups excluding carboxylic acids is 1. The summed E-state index contributed by atoms with van der Waals surface area (Å²) in [5, 5.41) is 4.35. The van der Waals surface area contributed by atoms with E-state index in [0.717, 1.165) is 15.5 Å². The van der Waals surface area contributed by atoms with Gasteiger partial charge in [0.05, 0.1) is 5.56 Å². The number of carbonyl (C=O) groups is 1. The van der Waals surface area contributed by atoms with Gasteiger partial charge in [0.15, 0.2) is 5.13 Å². The number of rotatable bonds is 4. The first-order valence-electron chi connectivity index (χ1n) is 6.73. The van der Waals surface area contributed by atoms with Crippen LogP contribution < -0.4 is 5.32 Å². The second-order valence-electron chi connectivity index (χ2n) is 4.72. The summed E-state index contributed by atoms with van der Waals surface area (Å²) in [7, 11) is 0. The summed E-state index contributed by atoms with van der Waals surface area (Å²) >= 11 is 13.3. The fourth-order valence-corrected chi connectivity index (χ4v) is 3.10. The van der Waals surface area contributed by atoms with E-state index in [0.29, 0.717) is 22.3 Å². The Kier molecular flexibility index (Phi) is 4.91. The zero-order valence-corrected chi connectivity index (χ0v) is 14.1. The van der Waals surface area contributed by atoms with Crippen molar-refractivity contribution in [2.24, 2.45) is 0 Å². The van der Waals surface area contributed by atoms with Crippen LogP contribution in [0.1, 0.15) is 20.8 Å². The van der Waals surface area contributed by atoms with Gasteiger partial charge in [0, 0.05) is 28.7 Å². The summed E-state index contributed by atoms with van der Waals surface area (Å²) in [4.78, 5) is 21.2. The summed E-state index contributed by atoms with van der Waals surface area (Å²) in [6, 6.07) is 10.8. The third-order valence-corrected chi connectivity index (χ3v) is 4.59. The molecule has 0 saturated carbocycles. The molecule has 3 aromatic rings. The number of amides is 1. The molecule has 1 N–H and O–H groups in total. The first-order chi connectivity index (χ1) is 11.1. The van der Waals surface area contributed by atoms with Crippen LogP contribution in [0.4, 0.5) is 5.13 Å². The van der Waals surface area contributed by atoms with E-state index in [2.05, 4.69) is 15.3 Å². The second kappa shape index (κ2) is 7.08. The number of benzene rings is 1. The van der Waals surface area contributed by atoms with E-state index in [4.69, 9.17) is 23.2 Å². The Bertz CT molecular complexity index is 833. The number of hydrogen-bond acceptors (Lipinski definition) is 4. The van der Waals surface area contributed by atoms with Gasteiger partial charge in [0.1, 0.15) is 5.15 Å². The van der Waals surface area contributed by atoms with Gasteiger partial charge in [-0.3, -0.25) is 10.1 Å². The van der Waals surface area contributed by atoms with Crippen molar-refractivity contribution in [1.82, 2.24) is 9.97 Å². The Morgan fingerprint density at radius 3 is 2.65 bits per heavy atom. The van der Waals surface area contributed by atoms with Gasteiger partial charge >= 0.3 is 0 Å². The van der Waals surface area contributed by atoms with Gasteiger partial charge in [-0.05, 0) is 23.8 Å². The standard InChI is InChI=1S/C16H11Cl2N3OS/c17-13-4-2-1-3-10(13)7-12-9-20-16(23-12)21-15(22)11-5-6-14(18)19-8-11/h1-6,8-9H,7H2,(H,20,21,22). The Morgan fingerprint density at radius 2 is 1.91 bits per heavy atom. The molecule has 0 unspecified atom stereocenters. The number of thiazole rings is 1. The lowest BCUT2D eigenvalue weighted by Gasteiger charge is -2.01. The minimum absolute atomic E-state index is 0.271. The topological polar surface area (TPSA) is 54.9 Å². The van der Waals surface area contributed by atoms with Crippen LogP contribution >= 0.6 is 34.5 Å². The quantitative estimate of drug-likeness (QED) is 0.684. The van der Waals surface area contributed by atoms with Crippen LogP contribution in [-0.4, -0.2) is 15.9 Å². The SMILES string of the molecule is O=C(Nc1ncc(Cc2ccccc2Cl)s1)c1ccc(Cl)nc1. The number of halogens is 2. The molecule has 3 rings (SSSR count). The summed E-state index contributed by atoms with van der Waals surface area (Å²) in [5.41, 5.74) is 1.45. The second-order valence-corrected chi connectivity index (χ2v) is 6.63. The van der Waals surface area contributed by atoms with Crippen molar-refractivity contribution in [3.05, 3.63) is 75.0 Å². The summed E-state index contributed by atoms with van der Waals surface area (Å²) < 4.78 is 0. The molecule has 1 amide bonds. The smallest absolute Gasteiger partial charge is 0.259 e. The van der Waals surface area contributed by atoms with Crippen molar-refractivity contribution in [1.29, 1.82) is 0 Å². The normalized spacial score (nSPS) is 10.5. The molecule has 0 atom stereocenters. The van der Waals surface area contributed by atoms with Crippen LogP contribution in [0.25, 0.3) is 0 Å². The number of pyridine rings is 1. The molecular weight excluding hydrogens is 353 g/mol. The van der Waals surface area contributed by atoms with Crippen LogP contribution in [0.5, 0.6) is 0 Å². The van der Waals surface area contributed by atoms with Gasteiger partial charge in [-0.25, -0.2) is 9.97 Å². The maximum absolute atomic E-state index is 12.1. The summed E-state index contributed by atoms with van der Waals surface area (Å²) in [5.74, 6) is -0.271. The van der Waals surface area contributed by atoms with E-state index >= 15 is 0 Å². The molecule has 0 aliphatic carbocycles. The fourth-order valence-electron chi connectivity index (χ4n) is 1.96. The molecule has 0 radical (unpaired) electrons. The van der Waals surface area contributed by atoms with Gasteiger partial charge in [-0.2, -0.15) is 0 Å². The lowest BCUT2D eigenvalue weighted by atomic mass is 10.1. The van der Waals surface area contributed by atoms with Crippen LogP contribution in [0, 0.1) is 0 Å². The molecule has 0 saturated heterocycles. The third-order valence-electron chi connectivity index (χ3n) is 3.09. The van der Waals surface area contributed by atoms with Crippen molar-refractivity contribution in [3.63, 3.8) is 0 Å². The van der Waals surface area contributed by atoms with Crippen LogP contribution in [-0.2, 0) is 6.42 Å². The highest BCUT2D eigenvalue weighted by molar-refractivity contribution is 7.15. The molecule has 2 heterocycles. The number of anilines is 1. The zero-order chi connectivity index (χ0) is 16.2. The Labute approximate surface area is 147 Å².